The van der Waals surface area contributed by atoms with Gasteiger partial charge >= 0.3 is 0 Å². The van der Waals surface area contributed by atoms with Crippen LogP contribution in [0.5, 0.6) is 0 Å². The van der Waals surface area contributed by atoms with Crippen molar-refractivity contribution in [2.75, 3.05) is 25.0 Å². The molecule has 1 aromatic carbocycles. The maximum Gasteiger partial charge on any atom is 0.250 e. The van der Waals surface area contributed by atoms with Gasteiger partial charge in [0.15, 0.2) is 0 Å². The number of halogens is 1. The number of carbonyl (C=O) groups is 2. The summed E-state index contributed by atoms with van der Waals surface area (Å²) >= 11 is 5.98. The van der Waals surface area contributed by atoms with Crippen LogP contribution in [-0.4, -0.2) is 42.4 Å². The zero-order chi connectivity index (χ0) is 17.9. The first-order valence-corrected chi connectivity index (χ1v) is 8.44. The second kappa shape index (κ2) is 7.51. The van der Waals surface area contributed by atoms with Gasteiger partial charge in [0.1, 0.15) is 0 Å². The number of nitrogens with one attached hydrogen (secondary N) is 1. The topological polar surface area (TPSA) is 101 Å². The van der Waals surface area contributed by atoms with E-state index in [1.807, 2.05) is 0 Å². The third-order valence-corrected chi connectivity index (χ3v) is 4.88. The number of hydrogen-bond acceptors (Lipinski definition) is 4. The Hall–Kier alpha value is -1.63. The number of carbonyl (C=O) groups excluding carboxylic acids is 2. The molecule has 1 heterocycles. The van der Waals surface area contributed by atoms with Crippen LogP contribution in [0.3, 0.4) is 0 Å². The van der Waals surface area contributed by atoms with Gasteiger partial charge in [-0.1, -0.05) is 25.4 Å². The number of nitrogens with two attached hydrogens (primary N) is 2. The van der Waals surface area contributed by atoms with Crippen molar-refractivity contribution in [2.45, 2.75) is 32.7 Å². The lowest BCUT2D eigenvalue weighted by molar-refractivity contribution is -0.116. The molecular weight excluding hydrogens is 328 g/mol. The van der Waals surface area contributed by atoms with E-state index in [4.69, 9.17) is 23.1 Å². The lowest BCUT2D eigenvalue weighted by Gasteiger charge is -2.42. The number of primary amides is 1. The van der Waals surface area contributed by atoms with E-state index in [1.165, 1.54) is 12.1 Å². The summed E-state index contributed by atoms with van der Waals surface area (Å²) in [5.41, 5.74) is 12.2. The molecular formula is C17H25ClN4O2. The standard InChI is InChI=1S/C17H25ClN4O2/c1-17(2)10-22(7-5-14(17)19)8-6-15(23)21-11-3-4-12(16(20)24)13(18)9-11/h3-4,9,14H,5-8,10,19H2,1-2H3,(H2,20,24)(H,21,23). The molecule has 0 saturated carbocycles. The van der Waals surface area contributed by atoms with Crippen LogP contribution in [0, 0.1) is 5.41 Å². The number of likely N-dealkylation sites (tertiary alicyclic amines) is 1. The maximum atomic E-state index is 12.1. The molecule has 1 atom stereocenters. The summed E-state index contributed by atoms with van der Waals surface area (Å²) in [6.07, 6.45) is 1.33. The molecule has 1 unspecified atom stereocenters. The van der Waals surface area contributed by atoms with E-state index in [2.05, 4.69) is 24.1 Å². The van der Waals surface area contributed by atoms with Gasteiger partial charge in [-0.3, -0.25) is 9.59 Å². The van der Waals surface area contributed by atoms with Crippen molar-refractivity contribution in [3.63, 3.8) is 0 Å². The molecule has 5 N–H and O–H groups in total. The van der Waals surface area contributed by atoms with E-state index in [1.54, 1.807) is 6.07 Å². The quantitative estimate of drug-likeness (QED) is 0.752. The van der Waals surface area contributed by atoms with Crippen LogP contribution in [-0.2, 0) is 4.79 Å². The number of hydrogen-bond donors (Lipinski definition) is 3. The van der Waals surface area contributed by atoms with Gasteiger partial charge < -0.3 is 21.7 Å². The van der Waals surface area contributed by atoms with E-state index in [-0.39, 0.29) is 28.0 Å². The summed E-state index contributed by atoms with van der Waals surface area (Å²) in [4.78, 5) is 25.5. The minimum atomic E-state index is -0.594. The number of piperidine rings is 1. The summed E-state index contributed by atoms with van der Waals surface area (Å²) in [7, 11) is 0. The third-order valence-electron chi connectivity index (χ3n) is 4.56. The summed E-state index contributed by atoms with van der Waals surface area (Å²) < 4.78 is 0. The van der Waals surface area contributed by atoms with Crippen molar-refractivity contribution in [3.05, 3.63) is 28.8 Å². The highest BCUT2D eigenvalue weighted by molar-refractivity contribution is 6.34. The minimum Gasteiger partial charge on any atom is -0.366 e. The Labute approximate surface area is 147 Å². The SMILES string of the molecule is CC1(C)CN(CCC(=O)Nc2ccc(C(N)=O)c(Cl)c2)CCC1N. The molecule has 2 amide bonds. The van der Waals surface area contributed by atoms with E-state index >= 15 is 0 Å². The normalized spacial score (nSPS) is 20.6. The molecule has 7 heteroatoms. The Morgan fingerprint density at radius 3 is 2.71 bits per heavy atom. The molecule has 1 saturated heterocycles. The summed E-state index contributed by atoms with van der Waals surface area (Å²) in [6.45, 7) is 6.81. The molecule has 24 heavy (non-hydrogen) atoms. The van der Waals surface area contributed by atoms with Crippen molar-refractivity contribution in [1.82, 2.24) is 4.90 Å². The number of amides is 2. The van der Waals surface area contributed by atoms with Gasteiger partial charge in [-0.15, -0.1) is 0 Å². The molecule has 0 aliphatic carbocycles. The Morgan fingerprint density at radius 2 is 2.12 bits per heavy atom. The molecule has 0 aromatic heterocycles. The van der Waals surface area contributed by atoms with E-state index in [9.17, 15) is 9.59 Å². The van der Waals surface area contributed by atoms with Crippen LogP contribution in [0.25, 0.3) is 0 Å². The van der Waals surface area contributed by atoms with Crippen LogP contribution in [0.15, 0.2) is 18.2 Å². The fourth-order valence-corrected chi connectivity index (χ4v) is 3.23. The zero-order valence-corrected chi connectivity index (χ0v) is 14.9. The highest BCUT2D eigenvalue weighted by Crippen LogP contribution is 2.27. The fourth-order valence-electron chi connectivity index (χ4n) is 2.95. The number of nitrogens with zero attached hydrogens (tertiary/aromatic N) is 1. The number of benzene rings is 1. The van der Waals surface area contributed by atoms with Crippen LogP contribution in [0.1, 0.15) is 37.0 Å². The lowest BCUT2D eigenvalue weighted by Crippen LogP contribution is -2.52. The van der Waals surface area contributed by atoms with Crippen molar-refractivity contribution in [1.29, 1.82) is 0 Å². The van der Waals surface area contributed by atoms with Gasteiger partial charge in [-0.25, -0.2) is 0 Å². The Kier molecular flexibility index (Phi) is 5.85. The van der Waals surface area contributed by atoms with Gasteiger partial charge in [-0.05, 0) is 36.6 Å². The third kappa shape index (κ3) is 4.69. The number of anilines is 1. The molecule has 1 aliphatic heterocycles. The Bertz CT molecular complexity index is 633. The van der Waals surface area contributed by atoms with Crippen LogP contribution < -0.4 is 16.8 Å². The molecule has 6 nitrogen and oxygen atoms in total. The molecule has 132 valence electrons. The second-order valence-electron chi connectivity index (χ2n) is 7.02. The highest BCUT2D eigenvalue weighted by atomic mass is 35.5. The lowest BCUT2D eigenvalue weighted by atomic mass is 9.80. The highest BCUT2D eigenvalue weighted by Gasteiger charge is 2.33. The van der Waals surface area contributed by atoms with E-state index < -0.39 is 5.91 Å². The Morgan fingerprint density at radius 1 is 1.42 bits per heavy atom. The average Bonchev–Trinajstić information content (AvgIpc) is 2.48. The fraction of sp³-hybridized carbons (Fsp3) is 0.529. The van der Waals surface area contributed by atoms with Crippen LogP contribution in [0.4, 0.5) is 5.69 Å². The van der Waals surface area contributed by atoms with E-state index in [0.29, 0.717) is 18.7 Å². The van der Waals surface area contributed by atoms with Crippen molar-refractivity contribution in [3.8, 4) is 0 Å². The predicted octanol–water partition coefficient (Wildman–Crippen LogP) is 1.83. The van der Waals surface area contributed by atoms with Crippen molar-refractivity contribution >= 4 is 29.1 Å². The molecule has 0 spiro atoms. The van der Waals surface area contributed by atoms with Gasteiger partial charge in [0, 0.05) is 31.2 Å². The van der Waals surface area contributed by atoms with Crippen LogP contribution >= 0.6 is 11.6 Å². The van der Waals surface area contributed by atoms with Gasteiger partial charge in [0.05, 0.1) is 10.6 Å². The molecule has 0 radical (unpaired) electrons. The van der Waals surface area contributed by atoms with Gasteiger partial charge in [0.2, 0.25) is 11.8 Å². The molecule has 1 aliphatic rings. The minimum absolute atomic E-state index is 0.0623. The Balaban J connectivity index is 1.86. The monoisotopic (exact) mass is 352 g/mol. The predicted molar refractivity (Wildman–Crippen MR) is 96.0 cm³/mol. The van der Waals surface area contributed by atoms with Crippen molar-refractivity contribution < 1.29 is 9.59 Å². The largest absolute Gasteiger partial charge is 0.366 e. The average molecular weight is 353 g/mol. The van der Waals surface area contributed by atoms with Gasteiger partial charge in [-0.2, -0.15) is 0 Å². The summed E-state index contributed by atoms with van der Waals surface area (Å²) in [6, 6.07) is 4.86. The summed E-state index contributed by atoms with van der Waals surface area (Å²) in [5, 5.41) is 3.02. The first-order valence-electron chi connectivity index (χ1n) is 8.06. The molecule has 1 fully saturated rings. The maximum absolute atomic E-state index is 12.1. The zero-order valence-electron chi connectivity index (χ0n) is 14.1. The number of rotatable bonds is 5. The van der Waals surface area contributed by atoms with Gasteiger partial charge in [0.25, 0.3) is 0 Å². The second-order valence-corrected chi connectivity index (χ2v) is 7.42. The molecule has 1 aromatic rings. The van der Waals surface area contributed by atoms with Crippen LogP contribution in [0.2, 0.25) is 5.02 Å². The molecule has 2 rings (SSSR count). The van der Waals surface area contributed by atoms with E-state index in [0.717, 1.165) is 19.5 Å². The summed E-state index contributed by atoms with van der Waals surface area (Å²) in [5.74, 6) is -0.686. The molecule has 0 bridgehead atoms. The smallest absolute Gasteiger partial charge is 0.250 e. The van der Waals surface area contributed by atoms with Crippen molar-refractivity contribution in [2.24, 2.45) is 16.9 Å². The first-order chi connectivity index (χ1) is 11.2. The first kappa shape index (κ1) is 18.7.